The van der Waals surface area contributed by atoms with Crippen molar-refractivity contribution >= 4 is 11.9 Å². The first-order valence-corrected chi connectivity index (χ1v) is 5.63. The van der Waals surface area contributed by atoms with Gasteiger partial charge >= 0.3 is 5.97 Å². The van der Waals surface area contributed by atoms with Gasteiger partial charge in [-0.05, 0) is 6.07 Å². The van der Waals surface area contributed by atoms with Crippen LogP contribution in [0.5, 0.6) is 0 Å². The van der Waals surface area contributed by atoms with Crippen molar-refractivity contribution in [2.75, 3.05) is 0 Å². The molecular weight excluding hydrogens is 266 g/mol. The summed E-state index contributed by atoms with van der Waals surface area (Å²) in [6, 6.07) is 4.24. The molecule has 2 aromatic heterocycles. The Bertz CT molecular complexity index is 690. The van der Waals surface area contributed by atoms with Crippen LogP contribution in [0.25, 0.3) is 0 Å². The number of carboxylic acid groups (broad SMARTS) is 1. The number of pyridine rings is 1. The Balaban J connectivity index is 1.95. The maximum Gasteiger partial charge on any atom is 0.325 e. The standard InChI is InChI=1S/C11H11N5O4/c17-9-3-1-2-8(13-9)11(20)12-4-7-5-16(15-14-7)6-10(18)19/h1-3,5H,4,6H2,(H,12,20)(H,13,17)(H,18,19). The Hall–Kier alpha value is -2.97. The number of nitrogens with one attached hydrogen (secondary N) is 2. The van der Waals surface area contributed by atoms with Crippen molar-refractivity contribution in [1.82, 2.24) is 25.3 Å². The van der Waals surface area contributed by atoms with E-state index in [1.807, 2.05) is 0 Å². The molecule has 1 amide bonds. The number of carbonyl (C=O) groups excluding carboxylic acids is 1. The summed E-state index contributed by atoms with van der Waals surface area (Å²) in [5.41, 5.74) is 0.179. The summed E-state index contributed by atoms with van der Waals surface area (Å²) in [5, 5.41) is 18.4. The fourth-order valence-corrected chi connectivity index (χ4v) is 1.48. The smallest absolute Gasteiger partial charge is 0.325 e. The highest BCUT2D eigenvalue weighted by Gasteiger charge is 2.08. The second kappa shape index (κ2) is 5.78. The van der Waals surface area contributed by atoms with Crippen molar-refractivity contribution in [3.63, 3.8) is 0 Å². The molecule has 0 unspecified atom stereocenters. The molecule has 0 fully saturated rings. The van der Waals surface area contributed by atoms with Crippen LogP contribution in [-0.2, 0) is 17.9 Å². The zero-order valence-corrected chi connectivity index (χ0v) is 10.2. The van der Waals surface area contributed by atoms with E-state index in [9.17, 15) is 14.4 Å². The Labute approximate surface area is 112 Å². The predicted molar refractivity (Wildman–Crippen MR) is 65.9 cm³/mol. The van der Waals surface area contributed by atoms with Crippen LogP contribution in [0, 0.1) is 0 Å². The number of rotatable bonds is 5. The van der Waals surface area contributed by atoms with Crippen LogP contribution < -0.4 is 10.9 Å². The van der Waals surface area contributed by atoms with Crippen LogP contribution in [0.3, 0.4) is 0 Å². The number of hydrogen-bond acceptors (Lipinski definition) is 5. The maximum atomic E-state index is 11.7. The SMILES string of the molecule is O=C(O)Cn1cc(CNC(=O)c2cccc(=O)[nH]2)nn1. The van der Waals surface area contributed by atoms with E-state index in [4.69, 9.17) is 5.11 Å². The largest absolute Gasteiger partial charge is 0.480 e. The highest BCUT2D eigenvalue weighted by molar-refractivity contribution is 5.92. The van der Waals surface area contributed by atoms with Crippen LogP contribution in [0.4, 0.5) is 0 Å². The van der Waals surface area contributed by atoms with E-state index in [2.05, 4.69) is 20.6 Å². The number of H-pyrrole nitrogens is 1. The minimum absolute atomic E-state index is 0.0787. The van der Waals surface area contributed by atoms with Crippen LogP contribution in [0.1, 0.15) is 16.2 Å². The Morgan fingerprint density at radius 3 is 2.90 bits per heavy atom. The first kappa shape index (κ1) is 13.5. The van der Waals surface area contributed by atoms with Crippen molar-refractivity contribution in [2.45, 2.75) is 13.1 Å². The molecule has 0 aliphatic rings. The van der Waals surface area contributed by atoms with E-state index in [1.54, 1.807) is 0 Å². The monoisotopic (exact) mass is 277 g/mol. The van der Waals surface area contributed by atoms with Crippen LogP contribution in [0.2, 0.25) is 0 Å². The van der Waals surface area contributed by atoms with Crippen LogP contribution in [-0.4, -0.2) is 37.0 Å². The van der Waals surface area contributed by atoms with Gasteiger partial charge in [0.25, 0.3) is 5.91 Å². The van der Waals surface area contributed by atoms with E-state index in [0.717, 1.165) is 4.68 Å². The molecule has 0 atom stereocenters. The summed E-state index contributed by atoms with van der Waals surface area (Å²) in [6.07, 6.45) is 1.42. The highest BCUT2D eigenvalue weighted by Crippen LogP contribution is 1.95. The minimum atomic E-state index is -1.03. The van der Waals surface area contributed by atoms with Crippen molar-refractivity contribution in [3.05, 3.63) is 46.1 Å². The molecular formula is C11H11N5O4. The number of aliphatic carboxylic acids is 1. The Kier molecular flexibility index (Phi) is 3.89. The lowest BCUT2D eigenvalue weighted by atomic mass is 10.3. The van der Waals surface area contributed by atoms with Crippen molar-refractivity contribution < 1.29 is 14.7 Å². The number of carboxylic acids is 1. The molecule has 9 heteroatoms. The molecule has 2 rings (SSSR count). The van der Waals surface area contributed by atoms with Gasteiger partial charge in [-0.15, -0.1) is 5.10 Å². The highest BCUT2D eigenvalue weighted by atomic mass is 16.4. The number of hydrogen-bond donors (Lipinski definition) is 3. The average Bonchev–Trinajstić information content (AvgIpc) is 2.82. The minimum Gasteiger partial charge on any atom is -0.480 e. The fourth-order valence-electron chi connectivity index (χ4n) is 1.48. The molecule has 20 heavy (non-hydrogen) atoms. The normalized spacial score (nSPS) is 10.2. The lowest BCUT2D eigenvalue weighted by Gasteiger charge is -2.02. The van der Waals surface area contributed by atoms with E-state index in [0.29, 0.717) is 5.69 Å². The lowest BCUT2D eigenvalue weighted by molar-refractivity contribution is -0.137. The maximum absolute atomic E-state index is 11.7. The molecule has 0 saturated carbocycles. The summed E-state index contributed by atoms with van der Waals surface area (Å²) in [4.78, 5) is 35.6. The number of carbonyl (C=O) groups is 2. The molecule has 9 nitrogen and oxygen atoms in total. The second-order valence-corrected chi connectivity index (χ2v) is 3.91. The van der Waals surface area contributed by atoms with Gasteiger partial charge in [0.2, 0.25) is 5.56 Å². The number of aromatic amines is 1. The quantitative estimate of drug-likeness (QED) is 0.641. The Morgan fingerprint density at radius 1 is 1.40 bits per heavy atom. The molecule has 0 saturated heterocycles. The van der Waals surface area contributed by atoms with Gasteiger partial charge in [-0.1, -0.05) is 11.3 Å². The topological polar surface area (TPSA) is 130 Å². The third-order valence-corrected chi connectivity index (χ3v) is 2.33. The molecule has 0 spiro atoms. The summed E-state index contributed by atoms with van der Waals surface area (Å²) in [5.74, 6) is -1.50. The average molecular weight is 277 g/mol. The molecule has 0 bridgehead atoms. The molecule has 104 valence electrons. The van der Waals surface area contributed by atoms with E-state index < -0.39 is 11.9 Å². The van der Waals surface area contributed by atoms with Gasteiger partial charge in [0.15, 0.2) is 0 Å². The second-order valence-electron chi connectivity index (χ2n) is 3.91. The number of amides is 1. The van der Waals surface area contributed by atoms with Gasteiger partial charge < -0.3 is 15.4 Å². The van der Waals surface area contributed by atoms with Crippen molar-refractivity contribution in [1.29, 1.82) is 0 Å². The zero-order valence-electron chi connectivity index (χ0n) is 10.2. The van der Waals surface area contributed by atoms with E-state index in [1.165, 1.54) is 24.4 Å². The molecule has 0 aliphatic heterocycles. The summed E-state index contributed by atoms with van der Waals surface area (Å²) >= 11 is 0. The predicted octanol–water partition coefficient (Wildman–Crippen LogP) is -1.02. The molecule has 2 heterocycles. The number of aromatic nitrogens is 4. The van der Waals surface area contributed by atoms with Crippen LogP contribution in [0.15, 0.2) is 29.2 Å². The number of nitrogens with zero attached hydrogens (tertiary/aromatic N) is 3. The molecule has 0 radical (unpaired) electrons. The van der Waals surface area contributed by atoms with Gasteiger partial charge in [0, 0.05) is 6.07 Å². The Morgan fingerprint density at radius 2 is 2.20 bits per heavy atom. The van der Waals surface area contributed by atoms with Gasteiger partial charge in [-0.3, -0.25) is 14.4 Å². The summed E-state index contributed by atoms with van der Waals surface area (Å²) in [6.45, 7) is -0.220. The summed E-state index contributed by atoms with van der Waals surface area (Å²) < 4.78 is 1.15. The van der Waals surface area contributed by atoms with Gasteiger partial charge in [-0.25, -0.2) is 4.68 Å². The van der Waals surface area contributed by atoms with Crippen molar-refractivity contribution in [3.8, 4) is 0 Å². The zero-order chi connectivity index (χ0) is 14.5. The molecule has 3 N–H and O–H groups in total. The van der Waals surface area contributed by atoms with E-state index >= 15 is 0 Å². The van der Waals surface area contributed by atoms with Crippen LogP contribution >= 0.6 is 0 Å². The third kappa shape index (κ3) is 3.51. The first-order chi connectivity index (χ1) is 9.54. The first-order valence-electron chi connectivity index (χ1n) is 5.63. The van der Waals surface area contributed by atoms with Crippen molar-refractivity contribution in [2.24, 2.45) is 0 Å². The lowest BCUT2D eigenvalue weighted by Crippen LogP contribution is -2.25. The fraction of sp³-hybridized carbons (Fsp3) is 0.182. The van der Waals surface area contributed by atoms with Gasteiger partial charge in [0.05, 0.1) is 12.7 Å². The summed E-state index contributed by atoms with van der Waals surface area (Å²) in [7, 11) is 0. The third-order valence-electron chi connectivity index (χ3n) is 2.33. The van der Waals surface area contributed by atoms with E-state index in [-0.39, 0.29) is 24.3 Å². The molecule has 0 aromatic carbocycles. The molecule has 2 aromatic rings. The van der Waals surface area contributed by atoms with Gasteiger partial charge in [-0.2, -0.15) is 0 Å². The molecule has 0 aliphatic carbocycles. The van der Waals surface area contributed by atoms with Gasteiger partial charge in [0.1, 0.15) is 17.9 Å².